The average molecular weight is 324 g/mol. The van der Waals surface area contributed by atoms with Gasteiger partial charge in [-0.1, -0.05) is 0 Å². The highest BCUT2D eigenvalue weighted by molar-refractivity contribution is 9.10. The summed E-state index contributed by atoms with van der Waals surface area (Å²) in [5.74, 6) is -0.472. The lowest BCUT2D eigenvalue weighted by Crippen LogP contribution is -2.25. The highest BCUT2D eigenvalue weighted by atomic mass is 79.9. The number of aromatic nitrogens is 2. The van der Waals surface area contributed by atoms with Crippen molar-refractivity contribution in [2.24, 2.45) is 5.73 Å². The molecular weight excluding hydrogens is 310 g/mol. The van der Waals surface area contributed by atoms with Crippen molar-refractivity contribution in [3.63, 3.8) is 0 Å². The van der Waals surface area contributed by atoms with Crippen molar-refractivity contribution in [3.8, 4) is 0 Å². The third-order valence-electron chi connectivity index (χ3n) is 3.28. The first kappa shape index (κ1) is 12.4. The molecule has 1 fully saturated rings. The lowest BCUT2D eigenvalue weighted by atomic mass is 10.1. The lowest BCUT2D eigenvalue weighted by Gasteiger charge is -2.16. The first-order valence-electron chi connectivity index (χ1n) is 6.09. The van der Waals surface area contributed by atoms with E-state index < -0.39 is 5.91 Å². The van der Waals surface area contributed by atoms with Crippen LogP contribution in [0, 0.1) is 0 Å². The summed E-state index contributed by atoms with van der Waals surface area (Å²) in [7, 11) is 0. The molecule has 0 spiro atoms. The van der Waals surface area contributed by atoms with E-state index in [4.69, 9.17) is 5.73 Å². The molecule has 100 valence electrons. The molecule has 6 nitrogen and oxygen atoms in total. The minimum atomic E-state index is -0.472. The number of hydrogen-bond acceptors (Lipinski definition) is 4. The van der Waals surface area contributed by atoms with Gasteiger partial charge in [0.15, 0.2) is 0 Å². The van der Waals surface area contributed by atoms with Crippen molar-refractivity contribution >= 4 is 33.0 Å². The molecule has 3 heterocycles. The van der Waals surface area contributed by atoms with E-state index in [2.05, 4.69) is 31.7 Å². The maximum absolute atomic E-state index is 11.6. The normalized spacial score (nSPS) is 18.9. The van der Waals surface area contributed by atoms with Crippen molar-refractivity contribution in [2.75, 3.05) is 18.4 Å². The van der Waals surface area contributed by atoms with Gasteiger partial charge in [-0.15, -0.1) is 0 Å². The zero-order valence-electron chi connectivity index (χ0n) is 10.2. The second-order valence-electron chi connectivity index (χ2n) is 4.62. The molecule has 1 aliphatic rings. The van der Waals surface area contributed by atoms with Gasteiger partial charge < -0.3 is 16.4 Å². The monoisotopic (exact) mass is 323 g/mol. The van der Waals surface area contributed by atoms with Crippen LogP contribution in [0.25, 0.3) is 5.52 Å². The Hall–Kier alpha value is -1.60. The predicted molar refractivity (Wildman–Crippen MR) is 76.3 cm³/mol. The number of amides is 1. The number of carbonyl (C=O) groups excluding carboxylic acids is 1. The molecule has 7 heteroatoms. The second kappa shape index (κ2) is 4.82. The van der Waals surface area contributed by atoms with Crippen molar-refractivity contribution in [1.82, 2.24) is 14.9 Å². The molecule has 1 amide bonds. The Morgan fingerprint density at radius 2 is 2.47 bits per heavy atom. The topological polar surface area (TPSA) is 84.5 Å². The van der Waals surface area contributed by atoms with Crippen molar-refractivity contribution in [3.05, 3.63) is 28.5 Å². The Balaban J connectivity index is 2.10. The SMILES string of the molecule is NC(=O)c1cnn2cc(Br)cc2c1N[C@H]1CCNC1. The zero-order valence-corrected chi connectivity index (χ0v) is 11.8. The largest absolute Gasteiger partial charge is 0.379 e. The van der Waals surface area contributed by atoms with Gasteiger partial charge in [0.05, 0.1) is 23.0 Å². The van der Waals surface area contributed by atoms with E-state index in [1.165, 1.54) is 6.20 Å². The van der Waals surface area contributed by atoms with Gasteiger partial charge in [-0.3, -0.25) is 4.79 Å². The van der Waals surface area contributed by atoms with Gasteiger partial charge in [-0.2, -0.15) is 5.10 Å². The number of anilines is 1. The summed E-state index contributed by atoms with van der Waals surface area (Å²) in [6, 6.07) is 2.22. The molecule has 4 N–H and O–H groups in total. The van der Waals surface area contributed by atoms with Gasteiger partial charge >= 0.3 is 0 Å². The number of hydrogen-bond donors (Lipinski definition) is 3. The highest BCUT2D eigenvalue weighted by Gasteiger charge is 2.20. The first-order chi connectivity index (χ1) is 9.15. The van der Waals surface area contributed by atoms with Gasteiger partial charge in [-0.05, 0) is 35.0 Å². The Bertz CT molecular complexity index is 632. The average Bonchev–Trinajstić information content (AvgIpc) is 2.97. The summed E-state index contributed by atoms with van der Waals surface area (Å²) in [5, 5.41) is 10.9. The number of rotatable bonds is 3. The van der Waals surface area contributed by atoms with Crippen molar-refractivity contribution in [2.45, 2.75) is 12.5 Å². The summed E-state index contributed by atoms with van der Waals surface area (Å²) < 4.78 is 2.63. The molecule has 0 radical (unpaired) electrons. The van der Waals surface area contributed by atoms with Gasteiger partial charge in [0.1, 0.15) is 0 Å². The Labute approximate surface area is 118 Å². The van der Waals surface area contributed by atoms with E-state index in [1.807, 2.05) is 12.3 Å². The van der Waals surface area contributed by atoms with Crippen LogP contribution in [0.1, 0.15) is 16.8 Å². The standard InChI is InChI=1S/C12H14BrN5O/c13-7-3-10-11(17-8-1-2-15-4-8)9(12(14)19)5-16-18(10)6-7/h3,5-6,8,15,17H,1-2,4H2,(H2,14,19)/t8-/m0/s1. The maximum Gasteiger partial charge on any atom is 0.252 e. The van der Waals surface area contributed by atoms with Gasteiger partial charge in [0, 0.05) is 23.3 Å². The molecule has 2 aromatic rings. The Kier molecular flexibility index (Phi) is 3.16. The summed E-state index contributed by atoms with van der Waals surface area (Å²) >= 11 is 3.42. The molecule has 0 bridgehead atoms. The molecule has 1 aliphatic heterocycles. The van der Waals surface area contributed by atoms with Crippen LogP contribution in [0.5, 0.6) is 0 Å². The third kappa shape index (κ3) is 2.31. The molecule has 2 aromatic heterocycles. The number of nitrogens with one attached hydrogen (secondary N) is 2. The fourth-order valence-electron chi connectivity index (χ4n) is 2.35. The molecular formula is C12H14BrN5O. The number of primary amides is 1. The number of halogens is 1. The van der Waals surface area contributed by atoms with Crippen molar-refractivity contribution < 1.29 is 4.79 Å². The summed E-state index contributed by atoms with van der Waals surface area (Å²) in [4.78, 5) is 11.6. The van der Waals surface area contributed by atoms with E-state index in [1.54, 1.807) is 4.52 Å². The third-order valence-corrected chi connectivity index (χ3v) is 3.71. The van der Waals surface area contributed by atoms with Crippen LogP contribution in [0.15, 0.2) is 22.9 Å². The van der Waals surface area contributed by atoms with Gasteiger partial charge in [-0.25, -0.2) is 4.52 Å². The van der Waals surface area contributed by atoms with Crippen LogP contribution in [0.4, 0.5) is 5.69 Å². The van der Waals surface area contributed by atoms with Crippen LogP contribution in [0.2, 0.25) is 0 Å². The van der Waals surface area contributed by atoms with Crippen molar-refractivity contribution in [1.29, 1.82) is 0 Å². The Morgan fingerprint density at radius 3 is 3.16 bits per heavy atom. The predicted octanol–water partition coefficient (Wildman–Crippen LogP) is 0.969. The zero-order chi connectivity index (χ0) is 13.4. The van der Waals surface area contributed by atoms with Gasteiger partial charge in [0.25, 0.3) is 5.91 Å². The quantitative estimate of drug-likeness (QED) is 0.785. The van der Waals surface area contributed by atoms with Crippen LogP contribution in [0.3, 0.4) is 0 Å². The molecule has 0 aromatic carbocycles. The molecule has 19 heavy (non-hydrogen) atoms. The Morgan fingerprint density at radius 1 is 1.63 bits per heavy atom. The minimum absolute atomic E-state index is 0.304. The fraction of sp³-hybridized carbons (Fsp3) is 0.333. The van der Waals surface area contributed by atoms with E-state index >= 15 is 0 Å². The number of nitrogens with zero attached hydrogens (tertiary/aromatic N) is 2. The molecule has 0 saturated carbocycles. The first-order valence-corrected chi connectivity index (χ1v) is 6.88. The highest BCUT2D eigenvalue weighted by Crippen LogP contribution is 2.26. The molecule has 0 aliphatic carbocycles. The fourth-order valence-corrected chi connectivity index (χ4v) is 2.76. The van der Waals surface area contributed by atoms with E-state index in [-0.39, 0.29) is 0 Å². The molecule has 1 saturated heterocycles. The minimum Gasteiger partial charge on any atom is -0.379 e. The molecule has 3 rings (SSSR count). The smallest absolute Gasteiger partial charge is 0.252 e. The molecule has 1 atom stereocenters. The van der Waals surface area contributed by atoms with Crippen LogP contribution in [-0.4, -0.2) is 34.7 Å². The number of fused-ring (bicyclic) bond motifs is 1. The number of carbonyl (C=O) groups is 1. The summed E-state index contributed by atoms with van der Waals surface area (Å²) in [5.41, 5.74) is 7.45. The lowest BCUT2D eigenvalue weighted by molar-refractivity contribution is 0.100. The summed E-state index contributed by atoms with van der Waals surface area (Å²) in [6.07, 6.45) is 4.37. The van der Waals surface area contributed by atoms with Crippen LogP contribution >= 0.6 is 15.9 Å². The van der Waals surface area contributed by atoms with E-state index in [0.717, 1.165) is 35.2 Å². The van der Waals surface area contributed by atoms with Crippen LogP contribution in [-0.2, 0) is 0 Å². The molecule has 0 unspecified atom stereocenters. The second-order valence-corrected chi connectivity index (χ2v) is 5.54. The van der Waals surface area contributed by atoms with Crippen LogP contribution < -0.4 is 16.4 Å². The van der Waals surface area contributed by atoms with Gasteiger partial charge in [0.2, 0.25) is 0 Å². The maximum atomic E-state index is 11.6. The van der Waals surface area contributed by atoms with E-state index in [9.17, 15) is 4.79 Å². The number of nitrogens with two attached hydrogens (primary N) is 1. The summed E-state index contributed by atoms with van der Waals surface area (Å²) in [6.45, 7) is 1.87. The van der Waals surface area contributed by atoms with E-state index in [0.29, 0.717) is 11.6 Å².